The molecule has 0 fully saturated rings. The number of hydrogen-bond acceptors (Lipinski definition) is 4. The third-order valence-corrected chi connectivity index (χ3v) is 2.29. The van der Waals surface area contributed by atoms with Crippen LogP contribution in [0.15, 0.2) is 18.2 Å². The van der Waals surface area contributed by atoms with Gasteiger partial charge in [0, 0.05) is 20.2 Å². The fraction of sp³-hybridized carbons (Fsp3) is 0.364. The Hall–Kier alpha value is -2.11. The molecular weight excluding hydrogens is 224 g/mol. The van der Waals surface area contributed by atoms with Crippen molar-refractivity contribution in [1.29, 1.82) is 0 Å². The van der Waals surface area contributed by atoms with E-state index in [0.29, 0.717) is 5.56 Å². The van der Waals surface area contributed by atoms with Crippen molar-refractivity contribution in [3.63, 3.8) is 0 Å². The normalized spacial score (nSPS) is 9.82. The van der Waals surface area contributed by atoms with Gasteiger partial charge in [0.05, 0.1) is 18.5 Å². The van der Waals surface area contributed by atoms with Gasteiger partial charge < -0.3 is 9.64 Å². The molecular formula is C11H14N2O4. The summed E-state index contributed by atoms with van der Waals surface area (Å²) < 4.78 is 4.92. The van der Waals surface area contributed by atoms with E-state index < -0.39 is 4.92 Å². The molecule has 0 aliphatic carbocycles. The Kier molecular flexibility index (Phi) is 4.03. The van der Waals surface area contributed by atoms with Gasteiger partial charge in [0.15, 0.2) is 5.75 Å². The number of hydrogen-bond donors (Lipinski definition) is 0. The number of carbonyl (C=O) groups excluding carboxylic acids is 1. The molecule has 0 unspecified atom stereocenters. The van der Waals surface area contributed by atoms with Crippen LogP contribution in [0, 0.1) is 10.1 Å². The van der Waals surface area contributed by atoms with E-state index in [1.807, 2.05) is 0 Å². The average molecular weight is 238 g/mol. The molecule has 0 aliphatic heterocycles. The van der Waals surface area contributed by atoms with Gasteiger partial charge in [-0.1, -0.05) is 6.07 Å². The zero-order chi connectivity index (χ0) is 13.0. The fourth-order valence-corrected chi connectivity index (χ4v) is 1.32. The summed E-state index contributed by atoms with van der Waals surface area (Å²) in [6.45, 7) is 0. The molecule has 6 nitrogen and oxygen atoms in total. The molecule has 0 bridgehead atoms. The number of ether oxygens (including phenoxy) is 1. The fourth-order valence-electron chi connectivity index (χ4n) is 1.32. The molecule has 0 radical (unpaired) electrons. The van der Waals surface area contributed by atoms with Gasteiger partial charge in [-0.2, -0.15) is 0 Å². The van der Waals surface area contributed by atoms with Gasteiger partial charge in [0.2, 0.25) is 5.91 Å². The minimum Gasteiger partial charge on any atom is -0.490 e. The molecule has 0 spiro atoms. The summed E-state index contributed by atoms with van der Waals surface area (Å²) in [6.07, 6.45) is 0.196. The molecule has 1 rings (SSSR count). The monoisotopic (exact) mass is 238 g/mol. The Morgan fingerprint density at radius 1 is 1.47 bits per heavy atom. The molecule has 0 atom stereocenters. The van der Waals surface area contributed by atoms with Crippen LogP contribution in [0.3, 0.4) is 0 Å². The quantitative estimate of drug-likeness (QED) is 0.584. The molecule has 6 heteroatoms. The van der Waals surface area contributed by atoms with Gasteiger partial charge in [-0.15, -0.1) is 0 Å². The highest BCUT2D eigenvalue weighted by Gasteiger charge is 2.16. The van der Waals surface area contributed by atoms with Gasteiger partial charge in [-0.25, -0.2) is 0 Å². The van der Waals surface area contributed by atoms with E-state index in [0.717, 1.165) is 0 Å². The molecule has 92 valence electrons. The molecule has 1 aromatic carbocycles. The number of nitrogens with zero attached hydrogens (tertiary/aromatic N) is 2. The number of carbonyl (C=O) groups is 1. The number of likely N-dealkylation sites (N-methyl/N-ethyl adjacent to an activating group) is 1. The van der Waals surface area contributed by atoms with Crippen LogP contribution in [-0.4, -0.2) is 36.9 Å². The van der Waals surface area contributed by atoms with Crippen molar-refractivity contribution >= 4 is 11.6 Å². The number of methoxy groups -OCH3 is 1. The molecule has 0 aromatic heterocycles. The maximum absolute atomic E-state index is 11.5. The summed E-state index contributed by atoms with van der Waals surface area (Å²) in [5.41, 5.74) is 0.583. The van der Waals surface area contributed by atoms with E-state index >= 15 is 0 Å². The minimum absolute atomic E-state index is 0.0686. The molecule has 0 N–H and O–H groups in total. The Bertz CT molecular complexity index is 443. The highest BCUT2D eigenvalue weighted by atomic mass is 16.6. The van der Waals surface area contributed by atoms with Crippen LogP contribution < -0.4 is 4.74 Å². The summed E-state index contributed by atoms with van der Waals surface area (Å²) >= 11 is 0. The highest BCUT2D eigenvalue weighted by molar-refractivity contribution is 5.78. The zero-order valence-electron chi connectivity index (χ0n) is 9.97. The van der Waals surface area contributed by atoms with E-state index in [1.165, 1.54) is 24.1 Å². The SMILES string of the molecule is COc1cc(CC(=O)N(C)C)ccc1[N+](=O)[O-]. The van der Waals surface area contributed by atoms with E-state index in [2.05, 4.69) is 0 Å². The second kappa shape index (κ2) is 5.29. The summed E-state index contributed by atoms with van der Waals surface area (Å²) in [5.74, 6) is 0.0972. The molecule has 1 aromatic rings. The summed E-state index contributed by atoms with van der Waals surface area (Å²) in [7, 11) is 4.68. The van der Waals surface area contributed by atoms with Crippen molar-refractivity contribution in [3.05, 3.63) is 33.9 Å². The molecule has 1 amide bonds. The van der Waals surface area contributed by atoms with Gasteiger partial charge >= 0.3 is 5.69 Å². The first kappa shape index (κ1) is 13.0. The first-order chi connectivity index (χ1) is 7.95. The summed E-state index contributed by atoms with van der Waals surface area (Å²) in [6, 6.07) is 4.42. The predicted molar refractivity (Wildman–Crippen MR) is 62.0 cm³/mol. The van der Waals surface area contributed by atoms with Crippen LogP contribution in [0.5, 0.6) is 5.75 Å². The van der Waals surface area contributed by atoms with Crippen molar-refractivity contribution in [1.82, 2.24) is 4.90 Å². The van der Waals surface area contributed by atoms with Crippen molar-refractivity contribution in [3.8, 4) is 5.75 Å². The Morgan fingerprint density at radius 3 is 2.59 bits per heavy atom. The second-order valence-electron chi connectivity index (χ2n) is 3.73. The molecule has 0 heterocycles. The van der Waals surface area contributed by atoms with Crippen LogP contribution in [0.2, 0.25) is 0 Å². The molecule has 0 aliphatic rings. The average Bonchev–Trinajstić information content (AvgIpc) is 2.28. The van der Waals surface area contributed by atoms with E-state index in [9.17, 15) is 14.9 Å². The van der Waals surface area contributed by atoms with Crippen molar-refractivity contribution in [2.24, 2.45) is 0 Å². The molecule has 17 heavy (non-hydrogen) atoms. The zero-order valence-corrected chi connectivity index (χ0v) is 9.97. The maximum atomic E-state index is 11.5. The van der Waals surface area contributed by atoms with Crippen LogP contribution >= 0.6 is 0 Å². The number of rotatable bonds is 4. The van der Waals surface area contributed by atoms with Gasteiger partial charge in [-0.05, 0) is 11.6 Å². The standard InChI is InChI=1S/C11H14N2O4/c1-12(2)11(14)7-8-4-5-9(13(15)16)10(6-8)17-3/h4-6H,7H2,1-3H3. The first-order valence-electron chi connectivity index (χ1n) is 4.97. The van der Waals surface area contributed by atoms with E-state index in [-0.39, 0.29) is 23.8 Å². The number of benzene rings is 1. The summed E-state index contributed by atoms with van der Waals surface area (Å²) in [5, 5.41) is 10.7. The second-order valence-corrected chi connectivity index (χ2v) is 3.73. The van der Waals surface area contributed by atoms with Crippen molar-refractivity contribution in [2.75, 3.05) is 21.2 Å². The van der Waals surface area contributed by atoms with E-state index in [4.69, 9.17) is 4.74 Å². The van der Waals surface area contributed by atoms with Crippen LogP contribution in [0.25, 0.3) is 0 Å². The van der Waals surface area contributed by atoms with Crippen molar-refractivity contribution < 1.29 is 14.5 Å². The first-order valence-corrected chi connectivity index (χ1v) is 4.97. The predicted octanol–water partition coefficient (Wildman–Crippen LogP) is 1.23. The lowest BCUT2D eigenvalue weighted by atomic mass is 10.1. The molecule has 0 saturated heterocycles. The Morgan fingerprint density at radius 2 is 2.12 bits per heavy atom. The lowest BCUT2D eigenvalue weighted by molar-refractivity contribution is -0.385. The lowest BCUT2D eigenvalue weighted by Crippen LogP contribution is -2.23. The van der Waals surface area contributed by atoms with Crippen LogP contribution in [0.1, 0.15) is 5.56 Å². The van der Waals surface area contributed by atoms with E-state index in [1.54, 1.807) is 20.2 Å². The highest BCUT2D eigenvalue weighted by Crippen LogP contribution is 2.27. The lowest BCUT2D eigenvalue weighted by Gasteiger charge is -2.10. The summed E-state index contributed by atoms with van der Waals surface area (Å²) in [4.78, 5) is 23.1. The number of nitro groups is 1. The minimum atomic E-state index is -0.517. The van der Waals surface area contributed by atoms with Crippen LogP contribution in [-0.2, 0) is 11.2 Å². The van der Waals surface area contributed by atoms with Gasteiger partial charge in [-0.3, -0.25) is 14.9 Å². The van der Waals surface area contributed by atoms with Gasteiger partial charge in [0.1, 0.15) is 0 Å². The Labute approximate surface area is 98.9 Å². The molecule has 0 saturated carbocycles. The number of amides is 1. The Balaban J connectivity index is 2.98. The van der Waals surface area contributed by atoms with Crippen molar-refractivity contribution in [2.45, 2.75) is 6.42 Å². The van der Waals surface area contributed by atoms with Gasteiger partial charge in [0.25, 0.3) is 0 Å². The van der Waals surface area contributed by atoms with Crippen LogP contribution in [0.4, 0.5) is 5.69 Å². The number of nitro benzene ring substituents is 1. The topological polar surface area (TPSA) is 72.7 Å². The maximum Gasteiger partial charge on any atom is 0.310 e. The smallest absolute Gasteiger partial charge is 0.310 e. The third-order valence-electron chi connectivity index (χ3n) is 2.29. The largest absolute Gasteiger partial charge is 0.490 e. The third kappa shape index (κ3) is 3.17.